The molecular formula is C24H26N3O3+. The summed E-state index contributed by atoms with van der Waals surface area (Å²) < 4.78 is 11.0. The number of quaternary nitrogens is 1. The van der Waals surface area contributed by atoms with Gasteiger partial charge in [0.15, 0.2) is 0 Å². The lowest BCUT2D eigenvalue weighted by atomic mass is 10.0. The zero-order chi connectivity index (χ0) is 20.5. The summed E-state index contributed by atoms with van der Waals surface area (Å²) in [6, 6.07) is 16.3. The van der Waals surface area contributed by atoms with E-state index < -0.39 is 0 Å². The number of hydrogen-bond acceptors (Lipinski definition) is 4. The minimum absolute atomic E-state index is 0.0151. The molecule has 0 unspecified atom stereocenters. The monoisotopic (exact) mass is 404 g/mol. The molecule has 30 heavy (non-hydrogen) atoms. The molecule has 0 atom stereocenters. The second-order valence-electron chi connectivity index (χ2n) is 8.09. The maximum Gasteiger partial charge on any atom is 0.260 e. The molecule has 0 aliphatic carbocycles. The molecule has 0 saturated carbocycles. The van der Waals surface area contributed by atoms with Crippen LogP contribution in [-0.2, 0) is 13.0 Å². The van der Waals surface area contributed by atoms with E-state index in [2.05, 4.69) is 23.4 Å². The van der Waals surface area contributed by atoms with Gasteiger partial charge in [-0.05, 0) is 30.7 Å². The van der Waals surface area contributed by atoms with Gasteiger partial charge in [-0.1, -0.05) is 35.5 Å². The lowest BCUT2D eigenvalue weighted by Crippen LogP contribution is -3.13. The molecule has 0 bridgehead atoms. The van der Waals surface area contributed by atoms with Gasteiger partial charge in [-0.15, -0.1) is 0 Å². The molecular weight excluding hydrogens is 378 g/mol. The van der Waals surface area contributed by atoms with E-state index in [4.69, 9.17) is 9.26 Å². The number of fused-ring (bicyclic) bond motifs is 1. The van der Waals surface area contributed by atoms with Crippen LogP contribution < -0.4 is 9.64 Å². The number of aromatic nitrogens is 1. The van der Waals surface area contributed by atoms with Crippen molar-refractivity contribution in [3.63, 3.8) is 0 Å². The number of nitrogens with zero attached hydrogens (tertiary/aromatic N) is 2. The number of ether oxygens (including phenoxy) is 1. The van der Waals surface area contributed by atoms with Crippen molar-refractivity contribution in [3.8, 4) is 17.0 Å². The first-order valence-electron chi connectivity index (χ1n) is 10.6. The Kier molecular flexibility index (Phi) is 5.01. The highest BCUT2D eigenvalue weighted by atomic mass is 16.5. The summed E-state index contributed by atoms with van der Waals surface area (Å²) in [5, 5.41) is 4.16. The van der Waals surface area contributed by atoms with Gasteiger partial charge >= 0.3 is 0 Å². The molecule has 2 aliphatic heterocycles. The number of nitrogens with one attached hydrogen (secondary N) is 1. The number of piperazine rings is 1. The maximum absolute atomic E-state index is 13.3. The van der Waals surface area contributed by atoms with Crippen LogP contribution in [0.5, 0.6) is 5.75 Å². The molecule has 0 radical (unpaired) electrons. The van der Waals surface area contributed by atoms with Gasteiger partial charge in [0, 0.05) is 17.5 Å². The van der Waals surface area contributed by atoms with E-state index in [1.165, 1.54) is 16.0 Å². The Balaban J connectivity index is 1.25. The Bertz CT molecular complexity index is 1050. The van der Waals surface area contributed by atoms with E-state index in [9.17, 15) is 4.79 Å². The third-order valence-corrected chi connectivity index (χ3v) is 6.09. The number of aryl methyl sites for hydroxylation is 1. The summed E-state index contributed by atoms with van der Waals surface area (Å²) in [5.74, 6) is 1.62. The van der Waals surface area contributed by atoms with Gasteiger partial charge in [0.25, 0.3) is 5.91 Å². The second kappa shape index (κ2) is 7.95. The van der Waals surface area contributed by atoms with Crippen molar-refractivity contribution in [3.05, 3.63) is 71.0 Å². The summed E-state index contributed by atoms with van der Waals surface area (Å²) in [6.07, 6.45) is 1.00. The van der Waals surface area contributed by atoms with Crippen LogP contribution in [-0.4, -0.2) is 48.7 Å². The quantitative estimate of drug-likeness (QED) is 0.724. The summed E-state index contributed by atoms with van der Waals surface area (Å²) in [7, 11) is 0. The van der Waals surface area contributed by atoms with Crippen LogP contribution in [0.4, 0.5) is 0 Å². The highest BCUT2D eigenvalue weighted by Crippen LogP contribution is 2.27. The van der Waals surface area contributed by atoms with Crippen molar-refractivity contribution < 1.29 is 19.0 Å². The molecule has 1 aromatic heterocycles. The molecule has 1 N–H and O–H groups in total. The molecule has 6 nitrogen and oxygen atoms in total. The Morgan fingerprint density at radius 1 is 1.13 bits per heavy atom. The third-order valence-electron chi connectivity index (χ3n) is 6.09. The van der Waals surface area contributed by atoms with E-state index in [0.717, 1.165) is 57.1 Å². The molecule has 1 fully saturated rings. The van der Waals surface area contributed by atoms with Gasteiger partial charge < -0.3 is 19.1 Å². The number of carbonyl (C=O) groups is 1. The van der Waals surface area contributed by atoms with Crippen molar-refractivity contribution in [2.24, 2.45) is 0 Å². The molecule has 5 rings (SSSR count). The van der Waals surface area contributed by atoms with Crippen molar-refractivity contribution in [2.45, 2.75) is 19.9 Å². The van der Waals surface area contributed by atoms with Crippen molar-refractivity contribution in [1.82, 2.24) is 10.1 Å². The Labute approximate surface area is 176 Å². The summed E-state index contributed by atoms with van der Waals surface area (Å²) in [5.41, 5.74) is 4.78. The highest BCUT2D eigenvalue weighted by molar-refractivity contribution is 6.00. The van der Waals surface area contributed by atoms with E-state index in [1.807, 2.05) is 42.2 Å². The standard InChI is InChI=1S/C24H25N3O3/c1-17-22(23(25-30-17)19-5-3-2-4-6-19)24(28)27-12-10-26(11-13-27)16-18-7-8-21-20(15-18)9-14-29-21/h2-8,15H,9-14,16H2,1H3/p+1. The maximum atomic E-state index is 13.3. The first-order chi connectivity index (χ1) is 14.7. The average molecular weight is 404 g/mol. The SMILES string of the molecule is Cc1onc(-c2ccccc2)c1C(=O)N1CC[NH+](Cc2ccc3c(c2)CCO3)CC1. The molecule has 0 spiro atoms. The summed E-state index contributed by atoms with van der Waals surface area (Å²) in [4.78, 5) is 16.7. The lowest BCUT2D eigenvalue weighted by molar-refractivity contribution is -0.917. The molecule has 1 saturated heterocycles. The zero-order valence-electron chi connectivity index (χ0n) is 17.2. The molecule has 3 aromatic rings. The Hall–Kier alpha value is -3.12. The van der Waals surface area contributed by atoms with Gasteiger partial charge in [-0.25, -0.2) is 0 Å². The van der Waals surface area contributed by atoms with E-state index >= 15 is 0 Å². The fourth-order valence-corrected chi connectivity index (χ4v) is 4.42. The van der Waals surface area contributed by atoms with Crippen LogP contribution in [0.25, 0.3) is 11.3 Å². The fraction of sp³-hybridized carbons (Fsp3) is 0.333. The van der Waals surface area contributed by atoms with E-state index in [-0.39, 0.29) is 5.91 Å². The fourth-order valence-electron chi connectivity index (χ4n) is 4.42. The van der Waals surface area contributed by atoms with Crippen molar-refractivity contribution in [1.29, 1.82) is 0 Å². The summed E-state index contributed by atoms with van der Waals surface area (Å²) >= 11 is 0. The second-order valence-corrected chi connectivity index (χ2v) is 8.09. The van der Waals surface area contributed by atoms with Crippen LogP contribution >= 0.6 is 0 Å². The largest absolute Gasteiger partial charge is 0.493 e. The summed E-state index contributed by atoms with van der Waals surface area (Å²) in [6.45, 7) is 6.93. The smallest absolute Gasteiger partial charge is 0.260 e. The predicted octanol–water partition coefficient (Wildman–Crippen LogP) is 2.13. The predicted molar refractivity (Wildman–Crippen MR) is 113 cm³/mol. The van der Waals surface area contributed by atoms with Crippen molar-refractivity contribution in [2.75, 3.05) is 32.8 Å². The number of rotatable bonds is 4. The van der Waals surface area contributed by atoms with Gasteiger partial charge in [0.05, 0.1) is 32.8 Å². The van der Waals surface area contributed by atoms with Gasteiger partial charge in [-0.2, -0.15) is 0 Å². The Morgan fingerprint density at radius 3 is 2.73 bits per heavy atom. The molecule has 154 valence electrons. The number of amides is 1. The van der Waals surface area contributed by atoms with Crippen LogP contribution in [0.15, 0.2) is 53.1 Å². The third kappa shape index (κ3) is 3.59. The zero-order valence-corrected chi connectivity index (χ0v) is 17.2. The normalized spacial score (nSPS) is 16.4. The minimum Gasteiger partial charge on any atom is -0.493 e. The van der Waals surface area contributed by atoms with Gasteiger partial charge in [-0.3, -0.25) is 4.79 Å². The molecule has 2 aliphatic rings. The molecule has 6 heteroatoms. The Morgan fingerprint density at radius 2 is 1.93 bits per heavy atom. The lowest BCUT2D eigenvalue weighted by Gasteiger charge is -2.32. The van der Waals surface area contributed by atoms with Crippen molar-refractivity contribution >= 4 is 5.91 Å². The number of carbonyl (C=O) groups excluding carboxylic acids is 1. The van der Waals surface area contributed by atoms with E-state index in [0.29, 0.717) is 17.0 Å². The van der Waals surface area contributed by atoms with Crippen LogP contribution in [0.1, 0.15) is 27.2 Å². The molecule has 2 aromatic carbocycles. The van der Waals surface area contributed by atoms with Crippen LogP contribution in [0.2, 0.25) is 0 Å². The average Bonchev–Trinajstić information content (AvgIpc) is 3.40. The number of hydrogen-bond donors (Lipinski definition) is 1. The number of benzene rings is 2. The topological polar surface area (TPSA) is 60.0 Å². The first kappa shape index (κ1) is 18.9. The highest BCUT2D eigenvalue weighted by Gasteiger charge is 2.30. The van der Waals surface area contributed by atoms with E-state index in [1.54, 1.807) is 0 Å². The van der Waals surface area contributed by atoms with Gasteiger partial charge in [0.2, 0.25) is 0 Å². The van der Waals surface area contributed by atoms with Crippen LogP contribution in [0, 0.1) is 6.92 Å². The van der Waals surface area contributed by atoms with Crippen LogP contribution in [0.3, 0.4) is 0 Å². The first-order valence-corrected chi connectivity index (χ1v) is 10.6. The van der Waals surface area contributed by atoms with Gasteiger partial charge in [0.1, 0.15) is 29.3 Å². The minimum atomic E-state index is 0.0151. The molecule has 3 heterocycles. The molecule has 1 amide bonds.